The molecule has 0 spiro atoms. The van der Waals surface area contributed by atoms with E-state index in [-0.39, 0.29) is 5.75 Å². The third-order valence-electron chi connectivity index (χ3n) is 3.08. The van der Waals surface area contributed by atoms with Crippen molar-refractivity contribution in [2.75, 3.05) is 18.8 Å². The molecule has 20 heavy (non-hydrogen) atoms. The lowest BCUT2D eigenvalue weighted by atomic mass is 9.95. The van der Waals surface area contributed by atoms with Gasteiger partial charge in [0.15, 0.2) is 0 Å². The molecule has 1 aliphatic heterocycles. The minimum Gasteiger partial charge on any atom is -0.369 e. The number of primary amides is 1. The van der Waals surface area contributed by atoms with Gasteiger partial charge in [-0.1, -0.05) is 20.8 Å². The minimum absolute atomic E-state index is 0.282. The monoisotopic (exact) mass is 316 g/mol. The Kier molecular flexibility index (Phi) is 4.46. The van der Waals surface area contributed by atoms with Gasteiger partial charge in [0.25, 0.3) is 0 Å². The molecule has 118 valence electrons. The van der Waals surface area contributed by atoms with E-state index in [1.165, 1.54) is 0 Å². The summed E-state index contributed by atoms with van der Waals surface area (Å²) >= 11 is 0. The van der Waals surface area contributed by atoms with Crippen molar-refractivity contribution in [3.8, 4) is 0 Å². The SMILES string of the molecule is CC(C)(C)CS(=O)(=O)N1C[C@@H](C(F)(F)F)[C@H](C(N)=O)C1. The van der Waals surface area contributed by atoms with Crippen LogP contribution >= 0.6 is 0 Å². The number of carbonyl (C=O) groups is 1. The molecule has 0 bridgehead atoms. The molecular formula is C11H19F3N2O3S. The van der Waals surface area contributed by atoms with Crippen LogP contribution in [0.4, 0.5) is 13.2 Å². The van der Waals surface area contributed by atoms with E-state index in [9.17, 15) is 26.4 Å². The maximum Gasteiger partial charge on any atom is 0.393 e. The molecule has 1 rings (SSSR count). The normalized spacial score (nSPS) is 25.9. The lowest BCUT2D eigenvalue weighted by Crippen LogP contribution is -2.37. The molecule has 9 heteroatoms. The van der Waals surface area contributed by atoms with Crippen LogP contribution in [0.15, 0.2) is 0 Å². The molecule has 1 fully saturated rings. The van der Waals surface area contributed by atoms with Gasteiger partial charge in [-0.15, -0.1) is 0 Å². The van der Waals surface area contributed by atoms with Gasteiger partial charge in [0.2, 0.25) is 15.9 Å². The Hall–Kier alpha value is -0.830. The molecule has 5 nitrogen and oxygen atoms in total. The van der Waals surface area contributed by atoms with Crippen LogP contribution in [0, 0.1) is 17.3 Å². The summed E-state index contributed by atoms with van der Waals surface area (Å²) in [6.07, 6.45) is -4.65. The van der Waals surface area contributed by atoms with Crippen LogP contribution in [0.1, 0.15) is 20.8 Å². The molecule has 1 saturated heterocycles. The summed E-state index contributed by atoms with van der Waals surface area (Å²) in [6, 6.07) is 0. The third-order valence-corrected chi connectivity index (χ3v) is 5.40. The fourth-order valence-corrected chi connectivity index (χ4v) is 4.31. The Labute approximate surface area is 116 Å². The Morgan fingerprint density at radius 3 is 2.05 bits per heavy atom. The first-order valence-corrected chi connectivity index (χ1v) is 7.69. The second kappa shape index (κ2) is 5.18. The minimum atomic E-state index is -4.65. The first-order chi connectivity index (χ1) is 8.74. The highest BCUT2D eigenvalue weighted by atomic mass is 32.2. The van der Waals surface area contributed by atoms with E-state index in [4.69, 9.17) is 5.73 Å². The van der Waals surface area contributed by atoms with E-state index in [1.807, 2.05) is 0 Å². The molecule has 0 radical (unpaired) electrons. The second-order valence-corrected chi connectivity index (χ2v) is 8.26. The average molecular weight is 316 g/mol. The number of hydrogen-bond donors (Lipinski definition) is 1. The Balaban J connectivity index is 2.99. The van der Waals surface area contributed by atoms with Gasteiger partial charge in [-0.2, -0.15) is 13.2 Å². The number of alkyl halides is 3. The summed E-state index contributed by atoms with van der Waals surface area (Å²) in [5.74, 6) is -4.96. The van der Waals surface area contributed by atoms with Crippen molar-refractivity contribution in [3.05, 3.63) is 0 Å². The second-order valence-electron chi connectivity index (χ2n) is 6.29. The lowest BCUT2D eigenvalue weighted by Gasteiger charge is -2.23. The first-order valence-electron chi connectivity index (χ1n) is 6.08. The quantitative estimate of drug-likeness (QED) is 0.842. The van der Waals surface area contributed by atoms with E-state index in [0.29, 0.717) is 0 Å². The molecule has 0 aliphatic carbocycles. The van der Waals surface area contributed by atoms with Gasteiger partial charge in [0, 0.05) is 13.1 Å². The summed E-state index contributed by atoms with van der Waals surface area (Å²) in [5, 5.41) is 0. The predicted molar refractivity (Wildman–Crippen MR) is 67.0 cm³/mol. The zero-order valence-corrected chi connectivity index (χ0v) is 12.4. The highest BCUT2D eigenvalue weighted by molar-refractivity contribution is 7.89. The lowest BCUT2D eigenvalue weighted by molar-refractivity contribution is -0.182. The van der Waals surface area contributed by atoms with Crippen molar-refractivity contribution in [1.29, 1.82) is 0 Å². The molecule has 0 unspecified atom stereocenters. The fraction of sp³-hybridized carbons (Fsp3) is 0.909. The van der Waals surface area contributed by atoms with Crippen LogP contribution < -0.4 is 5.73 Å². The van der Waals surface area contributed by atoms with Crippen LogP contribution in [0.2, 0.25) is 0 Å². The van der Waals surface area contributed by atoms with E-state index in [2.05, 4.69) is 0 Å². The van der Waals surface area contributed by atoms with Crippen LogP contribution in [-0.2, 0) is 14.8 Å². The fourth-order valence-electron chi connectivity index (χ4n) is 2.25. The van der Waals surface area contributed by atoms with Gasteiger partial charge in [-0.05, 0) is 5.41 Å². The van der Waals surface area contributed by atoms with Crippen molar-refractivity contribution in [2.24, 2.45) is 23.0 Å². The van der Waals surface area contributed by atoms with Gasteiger partial charge < -0.3 is 5.73 Å². The van der Waals surface area contributed by atoms with E-state index in [0.717, 1.165) is 4.31 Å². The molecule has 0 aromatic carbocycles. The number of rotatable bonds is 3. The highest BCUT2D eigenvalue weighted by Gasteiger charge is 2.54. The summed E-state index contributed by atoms with van der Waals surface area (Å²) in [5.41, 5.74) is 4.37. The van der Waals surface area contributed by atoms with Crippen LogP contribution in [0.5, 0.6) is 0 Å². The van der Waals surface area contributed by atoms with Gasteiger partial charge in [-0.3, -0.25) is 4.79 Å². The van der Waals surface area contributed by atoms with Gasteiger partial charge in [0.05, 0.1) is 17.6 Å². The number of nitrogens with zero attached hydrogens (tertiary/aromatic N) is 1. The van der Waals surface area contributed by atoms with E-state index in [1.54, 1.807) is 20.8 Å². The molecule has 0 aromatic heterocycles. The Morgan fingerprint density at radius 2 is 1.75 bits per heavy atom. The maximum atomic E-state index is 12.8. The highest BCUT2D eigenvalue weighted by Crippen LogP contribution is 2.39. The molecule has 0 aromatic rings. The van der Waals surface area contributed by atoms with E-state index >= 15 is 0 Å². The summed E-state index contributed by atoms with van der Waals surface area (Å²) in [7, 11) is -3.85. The average Bonchev–Trinajstić information content (AvgIpc) is 2.56. The van der Waals surface area contributed by atoms with Crippen molar-refractivity contribution < 1.29 is 26.4 Å². The predicted octanol–water partition coefficient (Wildman–Crippen LogP) is 0.958. The number of amides is 1. The van der Waals surface area contributed by atoms with Crippen molar-refractivity contribution in [3.63, 3.8) is 0 Å². The topological polar surface area (TPSA) is 80.5 Å². The van der Waals surface area contributed by atoms with Crippen molar-refractivity contribution in [2.45, 2.75) is 26.9 Å². The molecule has 1 heterocycles. The molecule has 1 aliphatic rings. The third kappa shape index (κ3) is 4.08. The van der Waals surface area contributed by atoms with Crippen LogP contribution in [0.3, 0.4) is 0 Å². The maximum absolute atomic E-state index is 12.8. The van der Waals surface area contributed by atoms with Gasteiger partial charge in [-0.25, -0.2) is 12.7 Å². The molecule has 2 N–H and O–H groups in total. The van der Waals surface area contributed by atoms with E-state index < -0.39 is 52.4 Å². The largest absolute Gasteiger partial charge is 0.393 e. The van der Waals surface area contributed by atoms with Crippen LogP contribution in [0.25, 0.3) is 0 Å². The first kappa shape index (κ1) is 17.2. The standard InChI is InChI=1S/C11H19F3N2O3S/c1-10(2,3)6-20(18,19)16-4-7(9(15)17)8(5-16)11(12,13)14/h7-8H,4-6H2,1-3H3,(H2,15,17)/t7-,8-/m1/s1. The van der Waals surface area contributed by atoms with Gasteiger partial charge >= 0.3 is 6.18 Å². The number of halogens is 3. The number of nitrogens with two attached hydrogens (primary N) is 1. The Bertz CT molecular complexity index is 482. The smallest absolute Gasteiger partial charge is 0.369 e. The summed E-state index contributed by atoms with van der Waals surface area (Å²) in [4.78, 5) is 11.1. The van der Waals surface area contributed by atoms with Crippen molar-refractivity contribution in [1.82, 2.24) is 4.31 Å². The number of carbonyl (C=O) groups excluding carboxylic acids is 1. The molecular weight excluding hydrogens is 297 g/mol. The summed E-state index contributed by atoms with van der Waals surface area (Å²) in [6.45, 7) is 3.78. The van der Waals surface area contributed by atoms with Gasteiger partial charge in [0.1, 0.15) is 0 Å². The molecule has 1 amide bonds. The van der Waals surface area contributed by atoms with Crippen molar-refractivity contribution >= 4 is 15.9 Å². The molecule has 0 saturated carbocycles. The zero-order valence-electron chi connectivity index (χ0n) is 11.6. The van der Waals surface area contributed by atoms with Crippen LogP contribution in [-0.4, -0.2) is 43.6 Å². The number of sulfonamides is 1. The Morgan fingerprint density at radius 1 is 1.25 bits per heavy atom. The molecule has 2 atom stereocenters. The zero-order chi connectivity index (χ0) is 15.9. The number of hydrogen-bond acceptors (Lipinski definition) is 3. The summed E-state index contributed by atoms with van der Waals surface area (Å²) < 4.78 is 63.4.